The predicted molar refractivity (Wildman–Crippen MR) is 390 cm³/mol. The normalized spacial score (nSPS) is 10.6. The molecule has 0 heterocycles. The van der Waals surface area contributed by atoms with Crippen molar-refractivity contribution < 1.29 is 77.0 Å². The number of Topliss-reactive ketones (excluding diaryl/α,β-unsaturated/α-hetero) is 6. The lowest BCUT2D eigenvalue weighted by molar-refractivity contribution is 0.0970. The smallest absolute Gasteiger partial charge is 0.242 e. The topological polar surface area (TPSA) is 279 Å². The third-order valence-electron chi connectivity index (χ3n) is 14.7. The summed E-state index contributed by atoms with van der Waals surface area (Å²) in [6.07, 6.45) is 8.01. The largest absolute Gasteiger partial charge is 0.497 e. The number of carbonyl (C=O) groups is 6. The molecule has 3 N–H and O–H groups in total. The molecule has 0 radical (unpaired) electrons. The molecule has 0 fully saturated rings. The zero-order valence-electron chi connectivity index (χ0n) is 57.8. The quantitative estimate of drug-likeness (QED) is 0.00723. The molecule has 0 spiro atoms. The van der Waals surface area contributed by atoms with E-state index in [0.29, 0.717) is 110 Å². The highest BCUT2D eigenvalue weighted by molar-refractivity contribution is 7.89. The molecule has 18 nitrogen and oxygen atoms in total. The number of carbonyl (C=O) groups excluding carboxylic acids is 6. The first-order chi connectivity index (χ1) is 49.3. The van der Waals surface area contributed by atoms with Crippen LogP contribution in [0, 0.1) is 29.1 Å². The van der Waals surface area contributed by atoms with Crippen molar-refractivity contribution in [2.45, 2.75) is 107 Å². The van der Waals surface area contributed by atoms with Gasteiger partial charge in [-0.15, -0.1) is 11.6 Å². The van der Waals surface area contributed by atoms with Gasteiger partial charge in [0.25, 0.3) is 0 Å². The van der Waals surface area contributed by atoms with Gasteiger partial charge in [0.15, 0.2) is 34.7 Å². The van der Waals surface area contributed by atoms with E-state index in [1.54, 1.807) is 36.4 Å². The Morgan fingerprint density at radius 2 is 0.786 bits per heavy atom. The number of hydrogen-bond acceptors (Lipinski definition) is 14. The van der Waals surface area contributed by atoms with Crippen molar-refractivity contribution in [2.75, 3.05) is 53.3 Å². The second-order valence-electron chi connectivity index (χ2n) is 22.4. The Morgan fingerprint density at radius 3 is 1.14 bits per heavy atom. The zero-order chi connectivity index (χ0) is 76.0. The average Bonchev–Trinajstić information content (AvgIpc) is 0.824. The molecule has 0 bridgehead atoms. The van der Waals surface area contributed by atoms with Gasteiger partial charge in [-0.2, -0.15) is 0 Å². The summed E-state index contributed by atoms with van der Waals surface area (Å²) in [6, 6.07) is 48.7. The van der Waals surface area contributed by atoms with Crippen molar-refractivity contribution in [3.05, 3.63) is 273 Å². The Morgan fingerprint density at radius 1 is 0.456 bits per heavy atom. The number of nitrogens with two attached hydrogens (primary N) is 1. The lowest BCUT2D eigenvalue weighted by Gasteiger charge is -2.17. The number of hydrogen-bond donors (Lipinski definition) is 2. The number of halogens is 6. The summed E-state index contributed by atoms with van der Waals surface area (Å²) in [5.41, 5.74) is 16.5. The van der Waals surface area contributed by atoms with Crippen molar-refractivity contribution in [1.29, 1.82) is 0 Å². The van der Waals surface area contributed by atoms with Crippen LogP contribution in [0.1, 0.15) is 159 Å². The summed E-state index contributed by atoms with van der Waals surface area (Å²) in [5.74, 6) is -0.146. The van der Waals surface area contributed by atoms with Gasteiger partial charge in [-0.1, -0.05) is 55.2 Å². The van der Waals surface area contributed by atoms with Crippen LogP contribution in [-0.2, 0) is 20.0 Å². The van der Waals surface area contributed by atoms with Crippen LogP contribution in [0.15, 0.2) is 215 Å². The Hall–Kier alpha value is -9.59. The van der Waals surface area contributed by atoms with E-state index in [4.69, 9.17) is 32.3 Å². The molecule has 0 aromatic heterocycles. The van der Waals surface area contributed by atoms with E-state index in [-0.39, 0.29) is 87.9 Å². The summed E-state index contributed by atoms with van der Waals surface area (Å²) in [5, 5.41) is 3.32. The minimum Gasteiger partial charge on any atom is -0.497 e. The molecule has 0 atom stereocenters. The van der Waals surface area contributed by atoms with Gasteiger partial charge in [0.1, 0.15) is 40.6 Å². The monoisotopic (exact) mass is 1480 g/mol. The van der Waals surface area contributed by atoms with Gasteiger partial charge in [-0.25, -0.2) is 47.8 Å². The van der Waals surface area contributed by atoms with Crippen LogP contribution in [0.4, 0.5) is 22.0 Å². The lowest BCUT2D eigenvalue weighted by atomic mass is 10.1. The summed E-state index contributed by atoms with van der Waals surface area (Å²) >= 11 is 5.48. The van der Waals surface area contributed by atoms with Gasteiger partial charge in [0.2, 0.25) is 20.0 Å². The number of nitrogens with one attached hydrogen (secondary N) is 1. The van der Waals surface area contributed by atoms with E-state index >= 15 is 0 Å². The minimum atomic E-state index is -3.62. The number of nitrogens with zero attached hydrogens (tertiary/aromatic N) is 4. The van der Waals surface area contributed by atoms with E-state index in [1.165, 1.54) is 159 Å². The van der Waals surface area contributed by atoms with E-state index in [9.17, 15) is 67.6 Å². The van der Waals surface area contributed by atoms with Crippen molar-refractivity contribution in [2.24, 2.45) is 10.8 Å². The van der Waals surface area contributed by atoms with E-state index in [1.807, 2.05) is 30.3 Å². The van der Waals surface area contributed by atoms with E-state index < -0.39 is 31.7 Å². The maximum atomic E-state index is 12.9. The molecule has 8 rings (SSSR count). The van der Waals surface area contributed by atoms with Gasteiger partial charge in [0.05, 0.1) is 24.0 Å². The number of unbranched alkanes of at least 4 members (excludes halogenated alkanes) is 2. The molecule has 8 aromatic rings. The molecule has 0 amide bonds. The fourth-order valence-electron chi connectivity index (χ4n) is 8.85. The SMILES string of the molecule is CCCCCC(=O)c1ccc(F)cc1.COc1ccc(S(=O)(=O)N(C)CCCC(=O)c2ccc(F)cc2)cc1.COc1ccc(S(=O)(=O)NCCCC(=O)c2ccc(F)cc2)cc1.NCCCC(=O)c1ccc(F)cc1.O=C(CCCCl)c1ccccc1.[N-]=[N+]=NCCCC(=O)c1ccc(F)cc1. The molecule has 0 aliphatic carbocycles. The third kappa shape index (κ3) is 34.8. The molecule has 103 heavy (non-hydrogen) atoms. The second-order valence-corrected chi connectivity index (χ2v) is 26.6. The number of ketones is 6. The predicted octanol–water partition coefficient (Wildman–Crippen LogP) is 17.2. The van der Waals surface area contributed by atoms with Gasteiger partial charge >= 0.3 is 0 Å². The Kier molecular flexibility index (Phi) is 41.8. The van der Waals surface area contributed by atoms with Crippen LogP contribution < -0.4 is 19.9 Å². The first-order valence-electron chi connectivity index (χ1n) is 32.9. The molecule has 0 aliphatic heterocycles. The van der Waals surface area contributed by atoms with Crippen LogP contribution in [0.25, 0.3) is 10.4 Å². The van der Waals surface area contributed by atoms with E-state index in [2.05, 4.69) is 21.7 Å². The highest BCUT2D eigenvalue weighted by Crippen LogP contribution is 2.21. The first-order valence-corrected chi connectivity index (χ1v) is 36.3. The minimum absolute atomic E-state index is 0.0189. The van der Waals surface area contributed by atoms with Crippen LogP contribution in [0.3, 0.4) is 0 Å². The van der Waals surface area contributed by atoms with E-state index in [0.717, 1.165) is 31.2 Å². The fraction of sp³-hybridized carbons (Fsp3) is 0.299. The Labute approximate surface area is 604 Å². The van der Waals surface area contributed by atoms with Crippen molar-refractivity contribution >= 4 is 66.3 Å². The van der Waals surface area contributed by atoms with Crippen LogP contribution in [-0.4, -0.2) is 109 Å². The highest BCUT2D eigenvalue weighted by Gasteiger charge is 2.21. The average molecular weight is 1480 g/mol. The Balaban J connectivity index is 0.000000329. The van der Waals surface area contributed by atoms with Gasteiger partial charge < -0.3 is 15.2 Å². The molecule has 26 heteroatoms. The molecule has 0 aliphatic rings. The number of ether oxygens (including phenoxy) is 2. The van der Waals surface area contributed by atoms with Gasteiger partial charge in [-0.3, -0.25) is 28.8 Å². The fourth-order valence-corrected chi connectivity index (χ4v) is 11.3. The van der Waals surface area contributed by atoms with Crippen molar-refractivity contribution in [1.82, 2.24) is 9.03 Å². The van der Waals surface area contributed by atoms with Crippen molar-refractivity contribution in [3.63, 3.8) is 0 Å². The molecule has 0 unspecified atom stereocenters. The molecular weight excluding hydrogens is 1400 g/mol. The zero-order valence-corrected chi connectivity index (χ0v) is 60.2. The van der Waals surface area contributed by atoms with Crippen LogP contribution >= 0.6 is 11.6 Å². The van der Waals surface area contributed by atoms with Gasteiger partial charge in [-0.05, 0) is 220 Å². The lowest BCUT2D eigenvalue weighted by Crippen LogP contribution is -2.28. The molecule has 0 saturated heterocycles. The third-order valence-corrected chi connectivity index (χ3v) is 18.3. The number of rotatable bonds is 34. The summed E-state index contributed by atoms with van der Waals surface area (Å²) in [4.78, 5) is 72.5. The summed E-state index contributed by atoms with van der Waals surface area (Å²) in [7, 11) is -2.75. The van der Waals surface area contributed by atoms with Crippen LogP contribution in [0.5, 0.6) is 11.5 Å². The standard InChI is InChI=1S/C18H20FNO4S.C17H18FNO4S.C12H15FO.C10H11ClO.C10H10FN3O.C10H12FNO/c1-20(25(22,23)17-11-9-16(24-2)10-12-17)13-3-4-18(21)14-5-7-15(19)8-6-14;1-23-15-8-10-16(11-9-15)24(21,22)19-12-2-3-17(20)13-4-6-14(18)7-5-13;1-2-3-4-5-12(14)10-6-8-11(13)9-7-10;11-8-4-7-10(12)9-5-2-1-3-6-9;11-9-5-3-8(4-6-9)10(15)2-1-7-13-14-12;11-9-5-3-8(4-6-9)10(13)2-1-7-12/h5-12H,3-4,13H2,1-2H3;4-11,19H,2-3,12H2,1H3;6-9H,2-5H2,1H3;1-3,5-6H,4,7-8H2;3-6H,1-2,7H2;3-6H,1-2,7,12H2. The van der Waals surface area contributed by atoms with Gasteiger partial charge in [0, 0.05) is 109 Å². The van der Waals surface area contributed by atoms with Crippen molar-refractivity contribution in [3.8, 4) is 11.5 Å². The second kappa shape index (κ2) is 49.1. The summed E-state index contributed by atoms with van der Waals surface area (Å²) < 4.78 is 126. The maximum absolute atomic E-state index is 12.9. The molecule has 0 saturated carbocycles. The Bertz CT molecular complexity index is 4150. The number of azide groups is 1. The molecule has 8 aromatic carbocycles. The molecular formula is C77H86ClF5N6O12S2. The first kappa shape index (κ1) is 87.6. The number of methoxy groups -OCH3 is 2. The maximum Gasteiger partial charge on any atom is 0.242 e. The summed E-state index contributed by atoms with van der Waals surface area (Å²) in [6.45, 7) is 3.27. The number of alkyl halides is 1. The highest BCUT2D eigenvalue weighted by atomic mass is 35.5. The molecule has 550 valence electrons. The number of benzene rings is 8. The number of sulfonamides is 2. The van der Waals surface area contributed by atoms with Crippen LogP contribution in [0.2, 0.25) is 0 Å².